The molecular weight excluding hydrogens is 394 g/mol. The Morgan fingerprint density at radius 3 is 2.35 bits per heavy atom. The molecule has 0 aliphatic heterocycles. The van der Waals surface area contributed by atoms with Gasteiger partial charge in [-0.1, -0.05) is 0 Å². The van der Waals surface area contributed by atoms with E-state index >= 15 is 0 Å². The molecule has 1 amide bonds. The number of nitrogens with zero attached hydrogens (tertiary/aromatic N) is 2. The standard InChI is InChI=1S/C24H39N3O4/c1-23(2,3)30-21(28)16(8-7-9-25-22(29)31-24(4,5)6)11-19-14-27(15-26-19)20-12-17-10-18(17)13-20/h14-18,20H,7-13H2,1-6H3,(H,25,29). The molecule has 2 aliphatic rings. The molecular formula is C24H39N3O4. The van der Waals surface area contributed by atoms with Crippen LogP contribution in [0, 0.1) is 17.8 Å². The van der Waals surface area contributed by atoms with Crippen molar-refractivity contribution in [1.29, 1.82) is 0 Å². The van der Waals surface area contributed by atoms with E-state index in [0.717, 1.165) is 17.5 Å². The van der Waals surface area contributed by atoms with E-state index in [1.54, 1.807) is 0 Å². The second kappa shape index (κ2) is 9.21. The van der Waals surface area contributed by atoms with Gasteiger partial charge in [0, 0.05) is 25.2 Å². The van der Waals surface area contributed by atoms with Crippen LogP contribution in [0.4, 0.5) is 4.79 Å². The average Bonchev–Trinajstić information content (AvgIpc) is 3.02. The molecule has 1 heterocycles. The summed E-state index contributed by atoms with van der Waals surface area (Å²) in [6.45, 7) is 11.6. The van der Waals surface area contributed by atoms with Crippen LogP contribution in [0.2, 0.25) is 0 Å². The van der Waals surface area contributed by atoms with Crippen molar-refractivity contribution in [3.63, 3.8) is 0 Å². The van der Waals surface area contributed by atoms with Gasteiger partial charge in [-0.2, -0.15) is 0 Å². The molecule has 31 heavy (non-hydrogen) atoms. The zero-order valence-electron chi connectivity index (χ0n) is 19.9. The zero-order valence-corrected chi connectivity index (χ0v) is 19.9. The Morgan fingerprint density at radius 1 is 1.10 bits per heavy atom. The van der Waals surface area contributed by atoms with Crippen molar-refractivity contribution < 1.29 is 19.1 Å². The van der Waals surface area contributed by atoms with Crippen LogP contribution < -0.4 is 5.32 Å². The van der Waals surface area contributed by atoms with Gasteiger partial charge in [-0.25, -0.2) is 9.78 Å². The lowest BCUT2D eigenvalue weighted by Crippen LogP contribution is -2.34. The summed E-state index contributed by atoms with van der Waals surface area (Å²) >= 11 is 0. The molecule has 0 bridgehead atoms. The Kier molecular flexibility index (Phi) is 7.01. The molecule has 3 unspecified atom stereocenters. The fraction of sp³-hybridized carbons (Fsp3) is 0.792. The van der Waals surface area contributed by atoms with Crippen molar-refractivity contribution >= 4 is 12.1 Å². The predicted molar refractivity (Wildman–Crippen MR) is 119 cm³/mol. The van der Waals surface area contributed by atoms with Gasteiger partial charge >= 0.3 is 12.1 Å². The van der Waals surface area contributed by atoms with Gasteiger partial charge in [0.2, 0.25) is 0 Å². The van der Waals surface area contributed by atoms with Crippen molar-refractivity contribution in [2.75, 3.05) is 6.54 Å². The van der Waals surface area contributed by atoms with E-state index < -0.39 is 17.3 Å². The summed E-state index contributed by atoms with van der Waals surface area (Å²) < 4.78 is 13.2. The summed E-state index contributed by atoms with van der Waals surface area (Å²) in [4.78, 5) is 29.2. The first-order chi connectivity index (χ1) is 14.4. The van der Waals surface area contributed by atoms with Crippen LogP contribution >= 0.6 is 0 Å². The monoisotopic (exact) mass is 433 g/mol. The topological polar surface area (TPSA) is 82.5 Å². The molecule has 0 saturated heterocycles. The van der Waals surface area contributed by atoms with Crippen LogP contribution in [-0.4, -0.2) is 39.4 Å². The minimum absolute atomic E-state index is 0.207. The molecule has 7 heteroatoms. The van der Waals surface area contributed by atoms with E-state index in [1.807, 2.05) is 47.9 Å². The number of esters is 1. The SMILES string of the molecule is CC(C)(C)OC(=O)NCCCC(Cc1cn(C2CC3CC3C2)cn1)C(=O)OC(C)(C)C. The quantitative estimate of drug-likeness (QED) is 0.476. The number of carbonyl (C=O) groups excluding carboxylic acids is 2. The smallest absolute Gasteiger partial charge is 0.407 e. The predicted octanol–water partition coefficient (Wildman–Crippen LogP) is 4.66. The van der Waals surface area contributed by atoms with Gasteiger partial charge in [0.1, 0.15) is 11.2 Å². The molecule has 7 nitrogen and oxygen atoms in total. The maximum absolute atomic E-state index is 12.8. The summed E-state index contributed by atoms with van der Waals surface area (Å²) in [6, 6.07) is 0.558. The van der Waals surface area contributed by atoms with E-state index in [2.05, 4.69) is 21.1 Å². The van der Waals surface area contributed by atoms with E-state index in [9.17, 15) is 9.59 Å². The lowest BCUT2D eigenvalue weighted by atomic mass is 9.97. The number of ether oxygens (including phenoxy) is 2. The molecule has 0 radical (unpaired) electrons. The summed E-state index contributed by atoms with van der Waals surface area (Å²) in [6.07, 6.45) is 9.32. The fourth-order valence-electron chi connectivity index (χ4n) is 4.40. The third kappa shape index (κ3) is 7.54. The van der Waals surface area contributed by atoms with Gasteiger partial charge in [0.05, 0.1) is 17.9 Å². The first-order valence-electron chi connectivity index (χ1n) is 11.6. The summed E-state index contributed by atoms with van der Waals surface area (Å²) in [5.41, 5.74) is -0.132. The number of hydrogen-bond acceptors (Lipinski definition) is 5. The van der Waals surface area contributed by atoms with Crippen molar-refractivity contribution in [2.45, 2.75) is 97.3 Å². The largest absolute Gasteiger partial charge is 0.460 e. The molecule has 2 saturated carbocycles. The van der Waals surface area contributed by atoms with Crippen molar-refractivity contribution in [3.8, 4) is 0 Å². The highest BCUT2D eigenvalue weighted by Crippen LogP contribution is 2.55. The molecule has 1 aromatic heterocycles. The van der Waals surface area contributed by atoms with Gasteiger partial charge in [0.25, 0.3) is 0 Å². The van der Waals surface area contributed by atoms with Gasteiger partial charge in [-0.15, -0.1) is 0 Å². The molecule has 0 aromatic carbocycles. The Balaban J connectivity index is 1.53. The van der Waals surface area contributed by atoms with Crippen LogP contribution in [0.15, 0.2) is 12.5 Å². The van der Waals surface area contributed by atoms with Gasteiger partial charge < -0.3 is 19.4 Å². The minimum Gasteiger partial charge on any atom is -0.460 e. The number of carbonyl (C=O) groups is 2. The average molecular weight is 434 g/mol. The minimum atomic E-state index is -0.533. The van der Waals surface area contributed by atoms with E-state index in [4.69, 9.17) is 9.47 Å². The van der Waals surface area contributed by atoms with Crippen molar-refractivity contribution in [1.82, 2.24) is 14.9 Å². The number of imidazole rings is 1. The molecule has 1 N–H and O–H groups in total. The Morgan fingerprint density at radius 2 is 1.74 bits per heavy atom. The highest BCUT2D eigenvalue weighted by molar-refractivity contribution is 5.73. The summed E-state index contributed by atoms with van der Waals surface area (Å²) in [7, 11) is 0. The van der Waals surface area contributed by atoms with Crippen LogP contribution in [0.1, 0.15) is 85.4 Å². The second-order valence-electron chi connectivity index (χ2n) is 11.2. The Bertz CT molecular complexity index is 765. The maximum atomic E-state index is 12.8. The number of rotatable bonds is 8. The van der Waals surface area contributed by atoms with E-state index in [1.165, 1.54) is 19.3 Å². The second-order valence-corrected chi connectivity index (χ2v) is 11.2. The molecule has 3 rings (SSSR count). The number of fused-ring (bicyclic) bond motifs is 1. The highest BCUT2D eigenvalue weighted by atomic mass is 16.6. The van der Waals surface area contributed by atoms with E-state index in [-0.39, 0.29) is 11.9 Å². The number of alkyl carbamates (subject to hydrolysis) is 1. The lowest BCUT2D eigenvalue weighted by molar-refractivity contribution is -0.160. The van der Waals surface area contributed by atoms with Gasteiger partial charge in [-0.05, 0) is 85.5 Å². The zero-order chi connectivity index (χ0) is 22.8. The maximum Gasteiger partial charge on any atom is 0.407 e. The molecule has 2 aliphatic carbocycles. The fourth-order valence-corrected chi connectivity index (χ4v) is 4.40. The summed E-state index contributed by atoms with van der Waals surface area (Å²) in [5.74, 6) is 1.34. The van der Waals surface area contributed by atoms with Crippen LogP contribution in [0.3, 0.4) is 0 Å². The first kappa shape index (κ1) is 23.6. The third-order valence-electron chi connectivity index (χ3n) is 5.89. The van der Waals surface area contributed by atoms with Crippen LogP contribution in [-0.2, 0) is 20.7 Å². The molecule has 2 fully saturated rings. The van der Waals surface area contributed by atoms with E-state index in [0.29, 0.717) is 31.8 Å². The van der Waals surface area contributed by atoms with Gasteiger partial charge in [-0.3, -0.25) is 4.79 Å². The third-order valence-corrected chi connectivity index (χ3v) is 5.89. The molecule has 3 atom stereocenters. The molecule has 174 valence electrons. The Hall–Kier alpha value is -2.05. The normalized spacial score (nSPS) is 23.7. The van der Waals surface area contributed by atoms with Crippen molar-refractivity contribution in [2.24, 2.45) is 17.8 Å². The van der Waals surface area contributed by atoms with Crippen LogP contribution in [0.25, 0.3) is 0 Å². The van der Waals surface area contributed by atoms with Crippen LogP contribution in [0.5, 0.6) is 0 Å². The first-order valence-corrected chi connectivity index (χ1v) is 11.6. The number of amides is 1. The van der Waals surface area contributed by atoms with Crippen molar-refractivity contribution in [3.05, 3.63) is 18.2 Å². The molecule has 1 aromatic rings. The molecule has 0 spiro atoms. The number of nitrogens with one attached hydrogen (secondary N) is 1. The summed E-state index contributed by atoms with van der Waals surface area (Å²) in [5, 5.41) is 2.76. The van der Waals surface area contributed by atoms with Gasteiger partial charge in [0.15, 0.2) is 0 Å². The number of aromatic nitrogens is 2. The number of hydrogen-bond donors (Lipinski definition) is 1. The highest BCUT2D eigenvalue weighted by Gasteiger charge is 2.46. The Labute approximate surface area is 186 Å². The lowest BCUT2D eigenvalue weighted by Gasteiger charge is -2.24.